The van der Waals surface area contributed by atoms with E-state index in [9.17, 15) is 9.59 Å². The lowest BCUT2D eigenvalue weighted by Gasteiger charge is -2.09. The van der Waals surface area contributed by atoms with Crippen LogP contribution in [0.4, 0.5) is 0 Å². The third kappa shape index (κ3) is 2.15. The summed E-state index contributed by atoms with van der Waals surface area (Å²) in [5.41, 5.74) is 9.23. The first-order valence-corrected chi connectivity index (χ1v) is 5.58. The summed E-state index contributed by atoms with van der Waals surface area (Å²) >= 11 is 0. The Bertz CT molecular complexity index is 600. The van der Waals surface area contributed by atoms with Crippen molar-refractivity contribution in [3.63, 3.8) is 0 Å². The number of hydrogen-bond acceptors (Lipinski definition) is 2. The maximum Gasteiger partial charge on any atom is 0.248 e. The second kappa shape index (κ2) is 4.84. The molecule has 0 aliphatic rings. The van der Waals surface area contributed by atoms with Gasteiger partial charge in [-0.1, -0.05) is 36.4 Å². The molecule has 0 heterocycles. The van der Waals surface area contributed by atoms with E-state index in [4.69, 9.17) is 5.73 Å². The molecule has 0 radical (unpaired) electrons. The van der Waals surface area contributed by atoms with Gasteiger partial charge < -0.3 is 5.73 Å². The Hall–Kier alpha value is -2.42. The minimum absolute atomic E-state index is 0.432. The fourth-order valence-corrected chi connectivity index (χ4v) is 1.96. The molecule has 2 aromatic carbocycles. The summed E-state index contributed by atoms with van der Waals surface area (Å²) < 4.78 is 0. The van der Waals surface area contributed by atoms with Gasteiger partial charge in [-0.3, -0.25) is 9.59 Å². The van der Waals surface area contributed by atoms with Crippen LogP contribution in [-0.2, 0) is 0 Å². The quantitative estimate of drug-likeness (QED) is 0.837. The molecule has 1 amide bonds. The predicted octanol–water partition coefficient (Wildman–Crippen LogP) is 2.57. The highest BCUT2D eigenvalue weighted by Crippen LogP contribution is 2.25. The van der Waals surface area contributed by atoms with Gasteiger partial charge in [0.05, 0.1) is 0 Å². The van der Waals surface area contributed by atoms with E-state index in [1.807, 2.05) is 25.1 Å². The van der Waals surface area contributed by atoms with Crippen molar-refractivity contribution >= 4 is 12.2 Å². The maximum atomic E-state index is 11.3. The van der Waals surface area contributed by atoms with Gasteiger partial charge in [0, 0.05) is 11.1 Å². The molecule has 0 saturated carbocycles. The maximum absolute atomic E-state index is 11.3. The summed E-state index contributed by atoms with van der Waals surface area (Å²) in [5, 5.41) is 0. The number of carbonyl (C=O) groups excluding carboxylic acids is 2. The molecule has 2 N–H and O–H groups in total. The van der Waals surface area contributed by atoms with Crippen LogP contribution in [0.5, 0.6) is 0 Å². The highest BCUT2D eigenvalue weighted by molar-refractivity contribution is 5.96. The van der Waals surface area contributed by atoms with Crippen LogP contribution in [0.15, 0.2) is 42.5 Å². The van der Waals surface area contributed by atoms with E-state index in [0.29, 0.717) is 11.1 Å². The summed E-state index contributed by atoms with van der Waals surface area (Å²) in [6, 6.07) is 12.7. The van der Waals surface area contributed by atoms with Gasteiger partial charge in [-0.05, 0) is 29.7 Å². The molecule has 3 heteroatoms. The minimum Gasteiger partial charge on any atom is -0.366 e. The molecule has 2 rings (SSSR count). The summed E-state index contributed by atoms with van der Waals surface area (Å²) in [6.07, 6.45) is 0.802. The van der Waals surface area contributed by atoms with Crippen molar-refractivity contribution in [2.24, 2.45) is 5.73 Å². The number of aldehydes is 1. The second-order valence-electron chi connectivity index (χ2n) is 4.08. The highest BCUT2D eigenvalue weighted by atomic mass is 16.1. The summed E-state index contributed by atoms with van der Waals surface area (Å²) in [7, 11) is 0. The number of primary amides is 1. The Morgan fingerprint density at radius 2 is 1.78 bits per heavy atom. The molecule has 0 bridgehead atoms. The lowest BCUT2D eigenvalue weighted by Crippen LogP contribution is -2.12. The number of carbonyl (C=O) groups is 2. The molecule has 0 aromatic heterocycles. The molecule has 0 aliphatic heterocycles. The topological polar surface area (TPSA) is 60.2 Å². The van der Waals surface area contributed by atoms with Crippen molar-refractivity contribution in [3.8, 4) is 11.1 Å². The molecule has 3 nitrogen and oxygen atoms in total. The number of benzene rings is 2. The van der Waals surface area contributed by atoms with E-state index in [0.717, 1.165) is 23.0 Å². The van der Waals surface area contributed by atoms with Gasteiger partial charge in [0.25, 0.3) is 0 Å². The Balaban J connectivity index is 2.53. The van der Waals surface area contributed by atoms with Crippen molar-refractivity contribution in [3.05, 3.63) is 59.2 Å². The van der Waals surface area contributed by atoms with E-state index >= 15 is 0 Å². The number of nitrogens with two attached hydrogens (primary N) is 1. The Kier molecular flexibility index (Phi) is 3.24. The first-order chi connectivity index (χ1) is 8.63. The zero-order valence-corrected chi connectivity index (χ0v) is 10.0. The van der Waals surface area contributed by atoms with E-state index in [1.54, 1.807) is 24.3 Å². The van der Waals surface area contributed by atoms with Gasteiger partial charge >= 0.3 is 0 Å². The second-order valence-corrected chi connectivity index (χ2v) is 4.08. The van der Waals surface area contributed by atoms with Crippen LogP contribution < -0.4 is 5.73 Å². The van der Waals surface area contributed by atoms with E-state index in [1.165, 1.54) is 0 Å². The molecule has 0 fully saturated rings. The van der Waals surface area contributed by atoms with Crippen LogP contribution >= 0.6 is 0 Å². The van der Waals surface area contributed by atoms with Crippen molar-refractivity contribution in [2.45, 2.75) is 6.92 Å². The zero-order valence-electron chi connectivity index (χ0n) is 10.0. The SMILES string of the molecule is Cc1c(C(N)=O)cccc1-c1ccc(C=O)cc1. The van der Waals surface area contributed by atoms with Gasteiger partial charge in [-0.2, -0.15) is 0 Å². The Morgan fingerprint density at radius 1 is 1.11 bits per heavy atom. The summed E-state index contributed by atoms with van der Waals surface area (Å²) in [6.45, 7) is 1.86. The van der Waals surface area contributed by atoms with Crippen LogP contribution in [-0.4, -0.2) is 12.2 Å². The van der Waals surface area contributed by atoms with Crippen molar-refractivity contribution in [1.82, 2.24) is 0 Å². The number of hydrogen-bond donors (Lipinski definition) is 1. The highest BCUT2D eigenvalue weighted by Gasteiger charge is 2.09. The largest absolute Gasteiger partial charge is 0.366 e. The minimum atomic E-state index is -0.432. The van der Waals surface area contributed by atoms with Crippen molar-refractivity contribution in [2.75, 3.05) is 0 Å². The van der Waals surface area contributed by atoms with E-state index in [2.05, 4.69) is 0 Å². The molecule has 0 saturated heterocycles. The van der Waals surface area contributed by atoms with Crippen LogP contribution in [0.3, 0.4) is 0 Å². The van der Waals surface area contributed by atoms with E-state index in [-0.39, 0.29) is 0 Å². The Morgan fingerprint density at radius 3 is 2.33 bits per heavy atom. The Labute approximate surface area is 105 Å². The van der Waals surface area contributed by atoms with Gasteiger partial charge in [-0.15, -0.1) is 0 Å². The standard InChI is InChI=1S/C15H13NO2/c1-10-13(3-2-4-14(10)15(16)18)12-7-5-11(9-17)6-8-12/h2-9H,1H3,(H2,16,18). The van der Waals surface area contributed by atoms with Crippen molar-refractivity contribution < 1.29 is 9.59 Å². The molecular formula is C15H13NO2. The van der Waals surface area contributed by atoms with Crippen LogP contribution in [0.1, 0.15) is 26.3 Å². The lowest BCUT2D eigenvalue weighted by molar-refractivity contribution is 0.0999. The average molecular weight is 239 g/mol. The van der Waals surface area contributed by atoms with Crippen LogP contribution in [0, 0.1) is 6.92 Å². The van der Waals surface area contributed by atoms with Gasteiger partial charge in [0.1, 0.15) is 6.29 Å². The zero-order chi connectivity index (χ0) is 13.1. The first kappa shape index (κ1) is 12.0. The van der Waals surface area contributed by atoms with Crippen LogP contribution in [0.25, 0.3) is 11.1 Å². The molecule has 0 unspecified atom stereocenters. The van der Waals surface area contributed by atoms with Crippen LogP contribution in [0.2, 0.25) is 0 Å². The molecular weight excluding hydrogens is 226 g/mol. The number of amides is 1. The average Bonchev–Trinajstić information content (AvgIpc) is 2.39. The molecule has 0 spiro atoms. The summed E-state index contributed by atoms with van der Waals surface area (Å²) in [4.78, 5) is 21.9. The predicted molar refractivity (Wildman–Crippen MR) is 70.5 cm³/mol. The normalized spacial score (nSPS) is 10.1. The molecule has 0 atom stereocenters. The summed E-state index contributed by atoms with van der Waals surface area (Å²) in [5.74, 6) is -0.432. The fourth-order valence-electron chi connectivity index (χ4n) is 1.96. The van der Waals surface area contributed by atoms with Gasteiger partial charge in [0.15, 0.2) is 0 Å². The monoisotopic (exact) mass is 239 g/mol. The van der Waals surface area contributed by atoms with Gasteiger partial charge in [-0.25, -0.2) is 0 Å². The molecule has 0 aliphatic carbocycles. The van der Waals surface area contributed by atoms with Gasteiger partial charge in [0.2, 0.25) is 5.91 Å². The first-order valence-electron chi connectivity index (χ1n) is 5.58. The van der Waals surface area contributed by atoms with E-state index < -0.39 is 5.91 Å². The fraction of sp³-hybridized carbons (Fsp3) is 0.0667. The smallest absolute Gasteiger partial charge is 0.248 e. The molecule has 90 valence electrons. The molecule has 2 aromatic rings. The molecule has 18 heavy (non-hydrogen) atoms. The third-order valence-electron chi connectivity index (χ3n) is 2.96. The lowest BCUT2D eigenvalue weighted by atomic mass is 9.95. The third-order valence-corrected chi connectivity index (χ3v) is 2.96. The number of rotatable bonds is 3. The van der Waals surface area contributed by atoms with Crippen molar-refractivity contribution in [1.29, 1.82) is 0 Å².